The van der Waals surface area contributed by atoms with Crippen LogP contribution >= 0.6 is 0 Å². The molecule has 5 aromatic rings. The Hall–Kier alpha value is -3.59. The van der Waals surface area contributed by atoms with Crippen LogP contribution in [0.15, 0.2) is 90.7 Å². The van der Waals surface area contributed by atoms with Crippen molar-refractivity contribution in [1.29, 1.82) is 0 Å². The second kappa shape index (κ2) is 11.5. The van der Waals surface area contributed by atoms with Gasteiger partial charge in [0, 0.05) is 42.7 Å². The van der Waals surface area contributed by atoms with E-state index in [1.807, 2.05) is 0 Å². The molecule has 3 nitrogen and oxygen atoms in total. The Labute approximate surface area is 250 Å². The zero-order valence-electron chi connectivity index (χ0n) is 23.8. The second-order valence-electron chi connectivity index (χ2n) is 11.1. The van der Waals surface area contributed by atoms with Gasteiger partial charge in [0.25, 0.3) is 0 Å². The van der Waals surface area contributed by atoms with E-state index in [2.05, 4.69) is 113 Å². The number of aromatic nitrogens is 1. The van der Waals surface area contributed by atoms with Gasteiger partial charge in [-0.15, -0.1) is 29.1 Å². The van der Waals surface area contributed by atoms with E-state index in [1.54, 1.807) is 0 Å². The van der Waals surface area contributed by atoms with Crippen molar-refractivity contribution in [2.45, 2.75) is 52.9 Å². The van der Waals surface area contributed by atoms with Gasteiger partial charge >= 0.3 is 0 Å². The van der Waals surface area contributed by atoms with Crippen LogP contribution in [0.4, 0.5) is 0 Å². The van der Waals surface area contributed by atoms with Crippen LogP contribution in [0.3, 0.4) is 0 Å². The number of allylic oxidation sites excluding steroid dienone is 2. The molecule has 205 valence electrons. The Morgan fingerprint density at radius 1 is 0.925 bits per heavy atom. The normalized spacial score (nSPS) is 13.3. The number of nitrogens with zero attached hydrogens (tertiary/aromatic N) is 1. The third kappa shape index (κ3) is 5.27. The van der Waals surface area contributed by atoms with E-state index in [1.165, 1.54) is 58.5 Å². The van der Waals surface area contributed by atoms with Crippen LogP contribution in [0.25, 0.3) is 44.1 Å². The zero-order chi connectivity index (χ0) is 27.9. The summed E-state index contributed by atoms with van der Waals surface area (Å²) in [6, 6.07) is 32.1. The van der Waals surface area contributed by atoms with Crippen molar-refractivity contribution < 1.29 is 30.0 Å². The average Bonchev–Trinajstić information content (AvgIpc) is 3.14. The van der Waals surface area contributed by atoms with Crippen molar-refractivity contribution in [2.75, 3.05) is 0 Å². The maximum Gasteiger partial charge on any atom is 0.155 e. The summed E-state index contributed by atoms with van der Waals surface area (Å²) in [5.74, 6) is 0.361. The first-order valence-electron chi connectivity index (χ1n) is 13.5. The molecule has 1 N–H and O–H groups in total. The van der Waals surface area contributed by atoms with Crippen LogP contribution in [0.1, 0.15) is 64.2 Å². The molecule has 6 rings (SSSR count). The van der Waals surface area contributed by atoms with Gasteiger partial charge in [-0.05, 0) is 48.1 Å². The van der Waals surface area contributed by atoms with Gasteiger partial charge in [0.05, 0.1) is 11.3 Å². The van der Waals surface area contributed by atoms with Gasteiger partial charge in [0.15, 0.2) is 5.78 Å². The summed E-state index contributed by atoms with van der Waals surface area (Å²) in [6.07, 6.45) is 1.17. The number of ketones is 1. The molecule has 0 spiro atoms. The van der Waals surface area contributed by atoms with Gasteiger partial charge in [-0.25, -0.2) is 0 Å². The summed E-state index contributed by atoms with van der Waals surface area (Å²) in [4.78, 5) is 15.3. The number of pyridine rings is 1. The molecule has 1 aliphatic carbocycles. The summed E-state index contributed by atoms with van der Waals surface area (Å²) in [5.41, 5.74) is 9.78. The minimum atomic E-state index is -0.129. The molecular weight excluding hydrogens is 671 g/mol. The van der Waals surface area contributed by atoms with Crippen LogP contribution in [0.5, 0.6) is 0 Å². The fourth-order valence-corrected chi connectivity index (χ4v) is 5.83. The molecule has 1 aliphatic rings. The van der Waals surface area contributed by atoms with E-state index >= 15 is 0 Å². The molecule has 0 saturated carbocycles. The van der Waals surface area contributed by atoms with Crippen LogP contribution in [0.2, 0.25) is 0 Å². The molecule has 0 saturated heterocycles. The molecule has 4 aromatic carbocycles. The minimum Gasteiger partial charge on any atom is -0.512 e. The third-order valence-corrected chi connectivity index (χ3v) is 7.48. The Kier molecular flexibility index (Phi) is 8.44. The van der Waals surface area contributed by atoms with Crippen LogP contribution < -0.4 is 0 Å². The van der Waals surface area contributed by atoms with Gasteiger partial charge < -0.3 is 5.11 Å². The standard InChI is InChI=1S/C31H26N.C5H8O2.Ir/c1-19(2)25-18-21(17-20-11-5-6-12-22(20)25)30-29-28(24-14-8-10-16-27(24)32-30)23-13-7-9-15-26(23)31(29,3)4;1-4(6)3-5(2)7;/h5-16,18-19H,1-4H3;3,6H,1-2H3;/q-1;;/b;4-3-;. The molecular formula is C36H34IrNO2-. The topological polar surface area (TPSA) is 50.2 Å². The van der Waals surface area contributed by atoms with E-state index in [-0.39, 0.29) is 37.1 Å². The van der Waals surface area contributed by atoms with Gasteiger partial charge in [0.1, 0.15) is 0 Å². The molecule has 0 amide bonds. The number of carbonyl (C=O) groups is 1. The largest absolute Gasteiger partial charge is 0.512 e. The Bertz CT molecular complexity index is 1760. The van der Waals surface area contributed by atoms with Gasteiger partial charge in [0.2, 0.25) is 0 Å². The monoisotopic (exact) mass is 705 g/mol. The third-order valence-electron chi connectivity index (χ3n) is 7.48. The van der Waals surface area contributed by atoms with Crippen molar-refractivity contribution in [3.8, 4) is 22.4 Å². The Morgan fingerprint density at radius 2 is 1.55 bits per heavy atom. The number of aliphatic hydroxyl groups is 1. The predicted octanol–water partition coefficient (Wildman–Crippen LogP) is 9.32. The van der Waals surface area contributed by atoms with Gasteiger partial charge in [-0.1, -0.05) is 99.3 Å². The second-order valence-corrected chi connectivity index (χ2v) is 11.1. The number of hydrogen-bond acceptors (Lipinski definition) is 3. The average molecular weight is 705 g/mol. The molecule has 1 aromatic heterocycles. The van der Waals surface area contributed by atoms with E-state index in [4.69, 9.17) is 10.1 Å². The first-order chi connectivity index (χ1) is 18.6. The van der Waals surface area contributed by atoms with E-state index in [0.717, 1.165) is 22.2 Å². The zero-order valence-corrected chi connectivity index (χ0v) is 26.2. The summed E-state index contributed by atoms with van der Waals surface area (Å²) < 4.78 is 0. The first kappa shape index (κ1) is 29.4. The van der Waals surface area contributed by atoms with Crippen LogP contribution in [-0.2, 0) is 30.3 Å². The van der Waals surface area contributed by atoms with Crippen LogP contribution in [-0.4, -0.2) is 15.9 Å². The Morgan fingerprint density at radius 3 is 2.20 bits per heavy atom. The molecule has 0 aliphatic heterocycles. The van der Waals surface area contributed by atoms with E-state index in [0.29, 0.717) is 5.92 Å². The SMILES string of the molecule is CC(=O)/C=C(/C)O.CC(C)c1cc(-c2nc3ccccc3c3c2C(C)(C)c2ccccc2-3)[c-]c2ccccc12.[Ir]. The summed E-state index contributed by atoms with van der Waals surface area (Å²) in [7, 11) is 0. The van der Waals surface area contributed by atoms with Crippen LogP contribution in [0, 0.1) is 6.07 Å². The number of hydrogen-bond donors (Lipinski definition) is 1. The van der Waals surface area contributed by atoms with Gasteiger partial charge in [-0.3, -0.25) is 9.78 Å². The van der Waals surface area contributed by atoms with Crippen molar-refractivity contribution in [3.05, 3.63) is 113 Å². The van der Waals surface area contributed by atoms with Crippen molar-refractivity contribution in [2.24, 2.45) is 0 Å². The molecule has 1 heterocycles. The van der Waals surface area contributed by atoms with E-state index < -0.39 is 0 Å². The number of carbonyl (C=O) groups excluding carboxylic acids is 1. The number of para-hydroxylation sites is 1. The molecule has 4 heteroatoms. The van der Waals surface area contributed by atoms with E-state index in [9.17, 15) is 4.79 Å². The first-order valence-corrected chi connectivity index (χ1v) is 13.5. The maximum absolute atomic E-state index is 10.0. The fourth-order valence-electron chi connectivity index (χ4n) is 5.83. The van der Waals surface area contributed by atoms with Crippen molar-refractivity contribution in [1.82, 2.24) is 4.98 Å². The molecule has 40 heavy (non-hydrogen) atoms. The molecule has 0 fully saturated rings. The quantitative estimate of drug-likeness (QED) is 0.116. The fraction of sp³-hybridized carbons (Fsp3) is 0.222. The van der Waals surface area contributed by atoms with Gasteiger partial charge in [-0.2, -0.15) is 0 Å². The van der Waals surface area contributed by atoms with Crippen molar-refractivity contribution >= 4 is 27.5 Å². The number of rotatable bonds is 3. The molecule has 0 unspecified atom stereocenters. The summed E-state index contributed by atoms with van der Waals surface area (Å²) in [5, 5.41) is 12.0. The summed E-state index contributed by atoms with van der Waals surface area (Å²) in [6.45, 7) is 12.1. The number of aliphatic hydroxyl groups excluding tert-OH is 1. The predicted molar refractivity (Wildman–Crippen MR) is 162 cm³/mol. The minimum absolute atomic E-state index is 0. The maximum atomic E-state index is 10.0. The number of fused-ring (bicyclic) bond motifs is 6. The smallest absolute Gasteiger partial charge is 0.155 e. The number of benzene rings is 4. The Balaban J connectivity index is 0.000000413. The molecule has 0 bridgehead atoms. The summed E-state index contributed by atoms with van der Waals surface area (Å²) >= 11 is 0. The molecule has 1 radical (unpaired) electrons. The molecule has 0 atom stereocenters. The van der Waals surface area contributed by atoms with Crippen molar-refractivity contribution in [3.63, 3.8) is 0 Å².